The molecule has 116 valence electrons. The highest BCUT2D eigenvalue weighted by Gasteiger charge is 2.43. The molecule has 7 heteroatoms. The highest BCUT2D eigenvalue weighted by Crippen LogP contribution is 2.33. The Kier molecular flexibility index (Phi) is 4.35. The maximum absolute atomic E-state index is 13.7. The largest absolute Gasteiger partial charge is 0.370 e. The molecule has 0 spiro atoms. The van der Waals surface area contributed by atoms with E-state index in [0.717, 1.165) is 12.1 Å². The highest BCUT2D eigenvalue weighted by atomic mass is 35.5. The minimum absolute atomic E-state index is 0.176. The molecule has 0 heterocycles. The third-order valence-electron chi connectivity index (χ3n) is 3.06. The Morgan fingerprint density at radius 3 is 1.77 bits per heavy atom. The van der Waals surface area contributed by atoms with Crippen LogP contribution in [0.15, 0.2) is 48.5 Å². The lowest BCUT2D eigenvalue weighted by atomic mass is 10.0. The average molecular weight is 345 g/mol. The summed E-state index contributed by atoms with van der Waals surface area (Å²) in [6.07, 6.45) is 0.458. The normalized spacial score (nSPS) is 12.2. The zero-order valence-corrected chi connectivity index (χ0v) is 13.0. The number of rotatable bonds is 4. The van der Waals surface area contributed by atoms with Gasteiger partial charge in [0.15, 0.2) is 5.78 Å². The second-order valence-electron chi connectivity index (χ2n) is 4.70. The van der Waals surface area contributed by atoms with Crippen LogP contribution in [0.2, 0.25) is 5.02 Å². The van der Waals surface area contributed by atoms with Crippen LogP contribution in [0.1, 0.15) is 21.5 Å². The van der Waals surface area contributed by atoms with Gasteiger partial charge in [-0.1, -0.05) is 35.9 Å². The fraction of sp³-hybridized carbons (Fsp3) is 0.133. The Morgan fingerprint density at radius 1 is 0.955 bits per heavy atom. The van der Waals surface area contributed by atoms with Crippen LogP contribution in [-0.2, 0) is 15.1 Å². The minimum atomic E-state index is -4.58. The smallest absolute Gasteiger partial charge is 0.289 e. The van der Waals surface area contributed by atoms with E-state index in [1.165, 1.54) is 24.3 Å². The van der Waals surface area contributed by atoms with Crippen LogP contribution in [0.4, 0.5) is 8.78 Å². The van der Waals surface area contributed by atoms with Crippen LogP contribution in [-0.4, -0.2) is 20.5 Å². The summed E-state index contributed by atoms with van der Waals surface area (Å²) in [6, 6.07) is 10.3. The number of carbonyl (C=O) groups excluding carboxylic acids is 1. The van der Waals surface area contributed by atoms with Crippen molar-refractivity contribution in [2.45, 2.75) is 5.25 Å². The van der Waals surface area contributed by atoms with E-state index >= 15 is 0 Å². The van der Waals surface area contributed by atoms with E-state index < -0.39 is 20.7 Å². The molecule has 0 saturated carbocycles. The summed E-state index contributed by atoms with van der Waals surface area (Å²) < 4.78 is 49.5. The van der Waals surface area contributed by atoms with Gasteiger partial charge in [-0.2, -0.15) is 8.78 Å². The SMILES string of the molecule is CS(=O)(=O)C(F)(F)c1ccc(C(=O)c2ccc(Cl)cc2)cc1. The first kappa shape index (κ1) is 16.6. The van der Waals surface area contributed by atoms with E-state index in [4.69, 9.17) is 11.6 Å². The van der Waals surface area contributed by atoms with E-state index in [2.05, 4.69) is 0 Å². The Bertz CT molecular complexity index is 798. The fourth-order valence-corrected chi connectivity index (χ4v) is 2.49. The van der Waals surface area contributed by atoms with Crippen molar-refractivity contribution < 1.29 is 22.0 Å². The molecule has 0 aliphatic carbocycles. The quantitative estimate of drug-likeness (QED) is 0.795. The van der Waals surface area contributed by atoms with Gasteiger partial charge in [-0.25, -0.2) is 8.42 Å². The van der Waals surface area contributed by atoms with Gasteiger partial charge in [0.1, 0.15) is 0 Å². The lowest BCUT2D eigenvalue weighted by Gasteiger charge is -2.14. The lowest BCUT2D eigenvalue weighted by molar-refractivity contribution is 0.0913. The van der Waals surface area contributed by atoms with Crippen LogP contribution in [0.5, 0.6) is 0 Å². The lowest BCUT2D eigenvalue weighted by Crippen LogP contribution is -2.24. The maximum Gasteiger partial charge on any atom is 0.370 e. The van der Waals surface area contributed by atoms with Gasteiger partial charge in [-0.15, -0.1) is 0 Å². The van der Waals surface area contributed by atoms with Crippen molar-refractivity contribution in [1.29, 1.82) is 0 Å². The van der Waals surface area contributed by atoms with E-state index in [0.29, 0.717) is 16.8 Å². The Morgan fingerprint density at radius 2 is 1.36 bits per heavy atom. The third-order valence-corrected chi connectivity index (χ3v) is 4.47. The molecule has 0 aliphatic heterocycles. The van der Waals surface area contributed by atoms with Crippen molar-refractivity contribution in [3.8, 4) is 0 Å². The van der Waals surface area contributed by atoms with Crippen LogP contribution >= 0.6 is 11.6 Å². The summed E-state index contributed by atoms with van der Waals surface area (Å²) in [6.45, 7) is 0. The molecule has 0 unspecified atom stereocenters. The Hall–Kier alpha value is -1.79. The average Bonchev–Trinajstić information content (AvgIpc) is 2.46. The standard InChI is InChI=1S/C15H11ClF2O3S/c1-22(20,21)15(17,18)12-6-2-10(3-7-12)14(19)11-4-8-13(16)9-5-11/h2-9H,1H3. The van der Waals surface area contributed by atoms with Gasteiger partial charge in [0, 0.05) is 28.0 Å². The molecule has 0 N–H and O–H groups in total. The topological polar surface area (TPSA) is 51.2 Å². The molecular weight excluding hydrogens is 334 g/mol. The predicted molar refractivity (Wildman–Crippen MR) is 80.1 cm³/mol. The molecule has 22 heavy (non-hydrogen) atoms. The molecule has 2 aromatic carbocycles. The van der Waals surface area contributed by atoms with E-state index in [1.54, 1.807) is 12.1 Å². The Balaban J connectivity index is 2.33. The molecule has 0 bridgehead atoms. The second kappa shape index (κ2) is 5.78. The molecule has 0 saturated heterocycles. The van der Waals surface area contributed by atoms with Crippen molar-refractivity contribution in [3.05, 3.63) is 70.2 Å². The van der Waals surface area contributed by atoms with Crippen LogP contribution < -0.4 is 0 Å². The first-order valence-corrected chi connectivity index (χ1v) is 8.38. The van der Waals surface area contributed by atoms with Crippen LogP contribution in [0, 0.1) is 0 Å². The summed E-state index contributed by atoms with van der Waals surface area (Å²) in [5.74, 6) is -0.370. The van der Waals surface area contributed by atoms with Crippen molar-refractivity contribution in [2.24, 2.45) is 0 Å². The third kappa shape index (κ3) is 3.18. The van der Waals surface area contributed by atoms with Crippen molar-refractivity contribution in [2.75, 3.05) is 6.26 Å². The second-order valence-corrected chi connectivity index (χ2v) is 7.20. The van der Waals surface area contributed by atoms with Gasteiger partial charge >= 0.3 is 5.25 Å². The van der Waals surface area contributed by atoms with E-state index in [-0.39, 0.29) is 11.3 Å². The first-order valence-electron chi connectivity index (χ1n) is 6.11. The zero-order valence-electron chi connectivity index (χ0n) is 11.4. The van der Waals surface area contributed by atoms with Gasteiger partial charge in [0.25, 0.3) is 0 Å². The fourth-order valence-electron chi connectivity index (χ4n) is 1.80. The number of carbonyl (C=O) groups is 1. The van der Waals surface area contributed by atoms with E-state index in [1.807, 2.05) is 0 Å². The summed E-state index contributed by atoms with van der Waals surface area (Å²) in [7, 11) is -4.58. The number of sulfone groups is 1. The Labute approximate surface area is 131 Å². The van der Waals surface area contributed by atoms with Gasteiger partial charge in [-0.3, -0.25) is 4.79 Å². The van der Waals surface area contributed by atoms with Crippen molar-refractivity contribution in [1.82, 2.24) is 0 Å². The number of hydrogen-bond acceptors (Lipinski definition) is 3. The molecule has 0 radical (unpaired) electrons. The molecule has 2 rings (SSSR count). The van der Waals surface area contributed by atoms with E-state index in [9.17, 15) is 22.0 Å². The molecular formula is C15H11ClF2O3S. The molecule has 0 fully saturated rings. The summed E-state index contributed by atoms with van der Waals surface area (Å²) >= 11 is 5.72. The maximum atomic E-state index is 13.7. The summed E-state index contributed by atoms with van der Waals surface area (Å²) in [4.78, 5) is 12.2. The molecule has 0 aromatic heterocycles. The van der Waals surface area contributed by atoms with Gasteiger partial charge in [0.05, 0.1) is 0 Å². The molecule has 0 atom stereocenters. The number of halogens is 3. The first-order chi connectivity index (χ1) is 10.1. The molecule has 0 amide bonds. The number of alkyl halides is 2. The number of hydrogen-bond donors (Lipinski definition) is 0. The van der Waals surface area contributed by atoms with Crippen LogP contribution in [0.3, 0.4) is 0 Å². The highest BCUT2D eigenvalue weighted by molar-refractivity contribution is 7.91. The summed E-state index contributed by atoms with van der Waals surface area (Å²) in [5, 5.41) is -3.52. The van der Waals surface area contributed by atoms with Crippen LogP contribution in [0.25, 0.3) is 0 Å². The summed E-state index contributed by atoms with van der Waals surface area (Å²) in [5.41, 5.74) is -0.148. The number of benzene rings is 2. The predicted octanol–water partition coefficient (Wildman–Crippen LogP) is 3.66. The van der Waals surface area contributed by atoms with Crippen molar-refractivity contribution in [3.63, 3.8) is 0 Å². The van der Waals surface area contributed by atoms with Gasteiger partial charge in [-0.05, 0) is 24.3 Å². The molecule has 3 nitrogen and oxygen atoms in total. The minimum Gasteiger partial charge on any atom is -0.289 e. The van der Waals surface area contributed by atoms with Gasteiger partial charge in [0.2, 0.25) is 9.84 Å². The molecule has 0 aliphatic rings. The van der Waals surface area contributed by atoms with Crippen molar-refractivity contribution >= 4 is 27.2 Å². The van der Waals surface area contributed by atoms with Gasteiger partial charge < -0.3 is 0 Å². The number of ketones is 1. The monoisotopic (exact) mass is 344 g/mol. The zero-order chi connectivity index (χ0) is 16.5. The molecule has 2 aromatic rings.